The Morgan fingerprint density at radius 2 is 1.75 bits per heavy atom. The van der Waals surface area contributed by atoms with Crippen LogP contribution < -0.4 is 5.32 Å². The fourth-order valence-corrected chi connectivity index (χ4v) is 2.08. The van der Waals surface area contributed by atoms with E-state index in [0.717, 1.165) is 29.1 Å². The van der Waals surface area contributed by atoms with Crippen molar-refractivity contribution >= 4 is 22.5 Å². The van der Waals surface area contributed by atoms with Crippen molar-refractivity contribution in [3.8, 4) is 0 Å². The van der Waals surface area contributed by atoms with Crippen molar-refractivity contribution in [2.75, 3.05) is 5.32 Å². The van der Waals surface area contributed by atoms with Crippen LogP contribution in [-0.4, -0.2) is 10.9 Å². The van der Waals surface area contributed by atoms with Gasteiger partial charge in [0.2, 0.25) is 0 Å². The summed E-state index contributed by atoms with van der Waals surface area (Å²) in [5.74, 6) is -1.90. The van der Waals surface area contributed by atoms with Crippen LogP contribution in [0.1, 0.15) is 10.4 Å². The van der Waals surface area contributed by atoms with E-state index in [-0.39, 0.29) is 5.69 Å². The molecular formula is C15H10F2N2O. The molecule has 0 saturated carbocycles. The first kappa shape index (κ1) is 12.3. The molecule has 1 aromatic heterocycles. The van der Waals surface area contributed by atoms with Crippen LogP contribution in [0.5, 0.6) is 0 Å². The Hall–Kier alpha value is -2.69. The maximum Gasteiger partial charge on any atom is 0.257 e. The van der Waals surface area contributed by atoms with E-state index < -0.39 is 17.5 Å². The van der Waals surface area contributed by atoms with Gasteiger partial charge in [0.25, 0.3) is 5.91 Å². The van der Waals surface area contributed by atoms with Crippen molar-refractivity contribution in [1.29, 1.82) is 0 Å². The number of fused-ring (bicyclic) bond motifs is 1. The van der Waals surface area contributed by atoms with Crippen molar-refractivity contribution in [3.05, 3.63) is 65.9 Å². The van der Waals surface area contributed by atoms with E-state index in [0.29, 0.717) is 5.56 Å². The van der Waals surface area contributed by atoms with Gasteiger partial charge in [0.05, 0.1) is 5.56 Å². The second-order valence-corrected chi connectivity index (χ2v) is 4.36. The average molecular weight is 272 g/mol. The largest absolute Gasteiger partial charge is 0.360 e. The molecule has 0 bridgehead atoms. The second kappa shape index (κ2) is 4.77. The first-order valence-corrected chi connectivity index (χ1v) is 5.97. The number of halogens is 2. The summed E-state index contributed by atoms with van der Waals surface area (Å²) in [5, 5.41) is 3.23. The van der Waals surface area contributed by atoms with E-state index in [9.17, 15) is 13.6 Å². The average Bonchev–Trinajstić information content (AvgIpc) is 2.81. The molecule has 3 aromatic rings. The fourth-order valence-electron chi connectivity index (χ4n) is 2.08. The zero-order chi connectivity index (χ0) is 14.1. The molecule has 3 nitrogen and oxygen atoms in total. The smallest absolute Gasteiger partial charge is 0.257 e. The van der Waals surface area contributed by atoms with E-state index in [2.05, 4.69) is 10.3 Å². The highest BCUT2D eigenvalue weighted by atomic mass is 19.1. The summed E-state index contributed by atoms with van der Waals surface area (Å²) in [6, 6.07) is 10.2. The van der Waals surface area contributed by atoms with Crippen LogP contribution in [0.4, 0.5) is 14.5 Å². The number of H-pyrrole nitrogens is 1. The van der Waals surface area contributed by atoms with Gasteiger partial charge in [-0.2, -0.15) is 0 Å². The number of carbonyl (C=O) groups excluding carboxylic acids is 1. The number of benzene rings is 2. The lowest BCUT2D eigenvalue weighted by molar-refractivity contribution is 0.102. The van der Waals surface area contributed by atoms with Crippen molar-refractivity contribution in [3.63, 3.8) is 0 Å². The maximum absolute atomic E-state index is 13.1. The minimum absolute atomic E-state index is 0.0813. The second-order valence-electron chi connectivity index (χ2n) is 4.36. The van der Waals surface area contributed by atoms with Gasteiger partial charge in [-0.1, -0.05) is 18.2 Å². The number of aromatic amines is 1. The molecule has 3 rings (SSSR count). The molecule has 0 aliphatic heterocycles. The summed E-state index contributed by atoms with van der Waals surface area (Å²) >= 11 is 0. The number of rotatable bonds is 2. The molecule has 1 heterocycles. The van der Waals surface area contributed by atoms with E-state index in [1.807, 2.05) is 18.2 Å². The van der Waals surface area contributed by atoms with Crippen LogP contribution in [0, 0.1) is 11.6 Å². The highest BCUT2D eigenvalue weighted by Gasteiger charge is 2.12. The van der Waals surface area contributed by atoms with E-state index in [1.54, 1.807) is 12.3 Å². The minimum Gasteiger partial charge on any atom is -0.360 e. The summed E-state index contributed by atoms with van der Waals surface area (Å²) in [6.45, 7) is 0. The van der Waals surface area contributed by atoms with Crippen molar-refractivity contribution in [1.82, 2.24) is 4.98 Å². The number of hydrogen-bond donors (Lipinski definition) is 2. The van der Waals surface area contributed by atoms with Crippen LogP contribution in [0.3, 0.4) is 0 Å². The molecule has 2 aromatic carbocycles. The molecule has 0 aliphatic carbocycles. The third kappa shape index (κ3) is 2.25. The van der Waals surface area contributed by atoms with Gasteiger partial charge in [-0.25, -0.2) is 8.78 Å². The zero-order valence-corrected chi connectivity index (χ0v) is 10.3. The first-order chi connectivity index (χ1) is 9.63. The van der Waals surface area contributed by atoms with Gasteiger partial charge >= 0.3 is 0 Å². The van der Waals surface area contributed by atoms with Gasteiger partial charge < -0.3 is 10.3 Å². The molecule has 100 valence electrons. The number of para-hydroxylation sites is 1. The van der Waals surface area contributed by atoms with Crippen molar-refractivity contribution < 1.29 is 13.6 Å². The normalized spacial score (nSPS) is 10.7. The molecule has 1 amide bonds. The van der Waals surface area contributed by atoms with Crippen molar-refractivity contribution in [2.24, 2.45) is 0 Å². The Morgan fingerprint density at radius 1 is 1.05 bits per heavy atom. The molecule has 0 aliphatic rings. The maximum atomic E-state index is 13.1. The van der Waals surface area contributed by atoms with Crippen LogP contribution in [0.2, 0.25) is 0 Å². The fraction of sp³-hybridized carbons (Fsp3) is 0. The van der Waals surface area contributed by atoms with E-state index >= 15 is 0 Å². The third-order valence-corrected chi connectivity index (χ3v) is 2.95. The van der Waals surface area contributed by atoms with Crippen LogP contribution >= 0.6 is 0 Å². The Balaban J connectivity index is 1.93. The summed E-state index contributed by atoms with van der Waals surface area (Å²) in [5.41, 5.74) is 1.33. The summed E-state index contributed by atoms with van der Waals surface area (Å²) in [7, 11) is 0. The standard InChI is InChI=1S/C15H10F2N2O/c16-9-5-10(17)7-11(6-9)19-15(20)13-8-18-14-4-2-1-3-12(13)14/h1-8,18H,(H,19,20). The van der Waals surface area contributed by atoms with Gasteiger partial charge in [-0.15, -0.1) is 0 Å². The van der Waals surface area contributed by atoms with Gasteiger partial charge in [-0.05, 0) is 18.2 Å². The van der Waals surface area contributed by atoms with E-state index in [4.69, 9.17) is 0 Å². The first-order valence-electron chi connectivity index (χ1n) is 5.97. The molecule has 0 saturated heterocycles. The summed E-state index contributed by atoms with van der Waals surface area (Å²) in [6.07, 6.45) is 1.57. The Labute approximate surface area is 113 Å². The quantitative estimate of drug-likeness (QED) is 0.734. The van der Waals surface area contributed by atoms with Gasteiger partial charge in [0.15, 0.2) is 0 Å². The number of hydrogen-bond acceptors (Lipinski definition) is 1. The topological polar surface area (TPSA) is 44.9 Å². The van der Waals surface area contributed by atoms with Gasteiger partial charge in [0.1, 0.15) is 11.6 Å². The van der Waals surface area contributed by atoms with Crippen LogP contribution in [0.15, 0.2) is 48.7 Å². The highest BCUT2D eigenvalue weighted by Crippen LogP contribution is 2.20. The molecule has 0 atom stereocenters. The predicted molar refractivity (Wildman–Crippen MR) is 72.6 cm³/mol. The number of anilines is 1. The highest BCUT2D eigenvalue weighted by molar-refractivity contribution is 6.12. The summed E-state index contributed by atoms with van der Waals surface area (Å²) < 4.78 is 26.2. The molecule has 0 spiro atoms. The van der Waals surface area contributed by atoms with Crippen LogP contribution in [-0.2, 0) is 0 Å². The number of aromatic nitrogens is 1. The number of nitrogens with one attached hydrogen (secondary N) is 2. The van der Waals surface area contributed by atoms with E-state index in [1.165, 1.54) is 0 Å². The predicted octanol–water partition coefficient (Wildman–Crippen LogP) is 3.70. The SMILES string of the molecule is O=C(Nc1cc(F)cc(F)c1)c1c[nH]c2ccccc12. The lowest BCUT2D eigenvalue weighted by atomic mass is 10.1. The molecule has 5 heteroatoms. The molecule has 0 unspecified atom stereocenters. The summed E-state index contributed by atoms with van der Waals surface area (Å²) in [4.78, 5) is 15.1. The Bertz CT molecular complexity index is 775. The minimum atomic E-state index is -0.737. The third-order valence-electron chi connectivity index (χ3n) is 2.95. The van der Waals surface area contributed by atoms with Crippen molar-refractivity contribution in [2.45, 2.75) is 0 Å². The van der Waals surface area contributed by atoms with Crippen LogP contribution in [0.25, 0.3) is 10.9 Å². The van der Waals surface area contributed by atoms with Gasteiger partial charge in [-0.3, -0.25) is 4.79 Å². The monoisotopic (exact) mass is 272 g/mol. The van der Waals surface area contributed by atoms with Gasteiger partial charge in [0, 0.05) is 28.9 Å². The molecular weight excluding hydrogens is 262 g/mol. The molecule has 0 fully saturated rings. The molecule has 2 N–H and O–H groups in total. The Morgan fingerprint density at radius 3 is 2.50 bits per heavy atom. The Kier molecular flexibility index (Phi) is 2.95. The molecule has 0 radical (unpaired) electrons. The lowest BCUT2D eigenvalue weighted by Crippen LogP contribution is -2.11. The zero-order valence-electron chi connectivity index (χ0n) is 10.3. The lowest BCUT2D eigenvalue weighted by Gasteiger charge is -2.04. The number of amides is 1. The molecule has 20 heavy (non-hydrogen) atoms. The number of carbonyl (C=O) groups is 1.